The normalized spacial score (nSPS) is 11.5. The van der Waals surface area contributed by atoms with Gasteiger partial charge in [-0.25, -0.2) is 13.4 Å². The van der Waals surface area contributed by atoms with E-state index in [9.17, 15) is 13.2 Å². The van der Waals surface area contributed by atoms with Crippen LogP contribution >= 0.6 is 11.3 Å². The van der Waals surface area contributed by atoms with E-state index in [1.807, 2.05) is 18.2 Å². The fourth-order valence-corrected chi connectivity index (χ4v) is 3.85. The van der Waals surface area contributed by atoms with E-state index in [0.717, 1.165) is 15.8 Å². The second-order valence-corrected chi connectivity index (χ2v) is 8.47. The van der Waals surface area contributed by atoms with Crippen LogP contribution in [0.15, 0.2) is 52.9 Å². The van der Waals surface area contributed by atoms with Crippen LogP contribution in [0, 0.1) is 0 Å². The lowest BCUT2D eigenvalue weighted by atomic mass is 10.1. The molecule has 1 aromatic heterocycles. The van der Waals surface area contributed by atoms with Gasteiger partial charge >= 0.3 is 0 Å². The summed E-state index contributed by atoms with van der Waals surface area (Å²) in [6.45, 7) is 1.61. The molecule has 2 aromatic carbocycles. The molecule has 0 atom stereocenters. The van der Waals surface area contributed by atoms with Crippen LogP contribution in [0.25, 0.3) is 10.2 Å². The Morgan fingerprint density at radius 1 is 1.17 bits per heavy atom. The molecule has 1 amide bonds. The van der Waals surface area contributed by atoms with Crippen LogP contribution in [0.3, 0.4) is 0 Å². The lowest BCUT2D eigenvalue weighted by Gasteiger charge is -2.06. The van der Waals surface area contributed by atoms with Crippen molar-refractivity contribution in [2.45, 2.75) is 18.2 Å². The number of hydrogen-bond donors (Lipinski definition) is 1. The molecule has 3 rings (SSSR count). The Hall–Kier alpha value is -2.25. The van der Waals surface area contributed by atoms with Gasteiger partial charge in [-0.15, -0.1) is 11.3 Å². The van der Waals surface area contributed by atoms with Crippen molar-refractivity contribution in [3.63, 3.8) is 0 Å². The molecule has 1 heterocycles. The van der Waals surface area contributed by atoms with Crippen molar-refractivity contribution in [2.75, 3.05) is 11.1 Å². The summed E-state index contributed by atoms with van der Waals surface area (Å²) in [5.41, 5.74) is 4.08. The molecule has 24 heavy (non-hydrogen) atoms. The highest BCUT2D eigenvalue weighted by Crippen LogP contribution is 2.21. The van der Waals surface area contributed by atoms with Crippen LogP contribution in [-0.2, 0) is 21.1 Å². The molecule has 0 bridgehead atoms. The summed E-state index contributed by atoms with van der Waals surface area (Å²) in [6, 6.07) is 12.0. The van der Waals surface area contributed by atoms with E-state index < -0.39 is 9.84 Å². The number of carbonyl (C=O) groups is 1. The van der Waals surface area contributed by atoms with Crippen molar-refractivity contribution in [1.82, 2.24) is 4.98 Å². The first-order valence-corrected chi connectivity index (χ1v) is 9.96. The molecule has 1 N–H and O–H groups in total. The van der Waals surface area contributed by atoms with Crippen LogP contribution in [0.5, 0.6) is 0 Å². The maximum Gasteiger partial charge on any atom is 0.228 e. The van der Waals surface area contributed by atoms with E-state index >= 15 is 0 Å². The second kappa shape index (κ2) is 6.70. The lowest BCUT2D eigenvalue weighted by Crippen LogP contribution is -2.14. The lowest BCUT2D eigenvalue weighted by molar-refractivity contribution is -0.115. The average molecular weight is 360 g/mol. The number of nitrogens with zero attached hydrogens (tertiary/aromatic N) is 1. The van der Waals surface area contributed by atoms with Crippen molar-refractivity contribution >= 4 is 43.0 Å². The summed E-state index contributed by atoms with van der Waals surface area (Å²) >= 11 is 1.55. The van der Waals surface area contributed by atoms with Crippen molar-refractivity contribution in [3.8, 4) is 0 Å². The first kappa shape index (κ1) is 16.6. The number of nitrogens with one attached hydrogen (secondary N) is 1. The van der Waals surface area contributed by atoms with E-state index in [2.05, 4.69) is 10.3 Å². The molecule has 0 spiro atoms. The van der Waals surface area contributed by atoms with E-state index in [1.165, 1.54) is 0 Å². The maximum atomic E-state index is 12.1. The molecule has 124 valence electrons. The van der Waals surface area contributed by atoms with Crippen molar-refractivity contribution in [2.24, 2.45) is 0 Å². The van der Waals surface area contributed by atoms with Crippen LogP contribution in [0.2, 0.25) is 0 Å². The highest BCUT2D eigenvalue weighted by molar-refractivity contribution is 7.91. The standard InChI is InChI=1S/C17H16N2O3S2/c1-2-24(21,22)14-6-3-12(4-7-14)9-17(20)19-13-5-8-16-15(10-13)18-11-23-16/h3-8,10-11H,2,9H2,1H3,(H,19,20). The van der Waals surface area contributed by atoms with Gasteiger partial charge in [0.05, 0.1) is 32.8 Å². The van der Waals surface area contributed by atoms with Gasteiger partial charge in [0.15, 0.2) is 9.84 Å². The third-order valence-corrected chi connectivity index (χ3v) is 6.20. The smallest absolute Gasteiger partial charge is 0.228 e. The Kier molecular flexibility index (Phi) is 4.64. The maximum absolute atomic E-state index is 12.1. The Morgan fingerprint density at radius 2 is 1.92 bits per heavy atom. The summed E-state index contributed by atoms with van der Waals surface area (Å²) in [7, 11) is -3.21. The van der Waals surface area contributed by atoms with Crippen molar-refractivity contribution in [3.05, 3.63) is 53.5 Å². The van der Waals surface area contributed by atoms with E-state index in [0.29, 0.717) is 5.69 Å². The molecule has 0 saturated carbocycles. The summed E-state index contributed by atoms with van der Waals surface area (Å²) in [5, 5.41) is 2.84. The van der Waals surface area contributed by atoms with Gasteiger partial charge in [-0.05, 0) is 35.9 Å². The molecule has 0 aliphatic carbocycles. The number of rotatable bonds is 5. The zero-order valence-electron chi connectivity index (χ0n) is 13.0. The minimum Gasteiger partial charge on any atom is -0.326 e. The Balaban J connectivity index is 1.68. The first-order chi connectivity index (χ1) is 11.5. The van der Waals surface area contributed by atoms with Gasteiger partial charge in [0.2, 0.25) is 5.91 Å². The minimum absolute atomic E-state index is 0.0614. The quantitative estimate of drug-likeness (QED) is 0.758. The predicted molar refractivity (Wildman–Crippen MR) is 96.1 cm³/mol. The zero-order valence-corrected chi connectivity index (χ0v) is 14.7. The van der Waals surface area contributed by atoms with Gasteiger partial charge in [0, 0.05) is 5.69 Å². The number of carbonyl (C=O) groups excluding carboxylic acids is 1. The number of hydrogen-bond acceptors (Lipinski definition) is 5. The van der Waals surface area contributed by atoms with Gasteiger partial charge in [-0.2, -0.15) is 0 Å². The van der Waals surface area contributed by atoms with E-state index in [1.54, 1.807) is 48.0 Å². The molecule has 0 fully saturated rings. The third-order valence-electron chi connectivity index (χ3n) is 3.64. The van der Waals surface area contributed by atoms with Crippen LogP contribution < -0.4 is 5.32 Å². The summed E-state index contributed by atoms with van der Waals surface area (Å²) in [6.07, 6.45) is 0.182. The average Bonchev–Trinajstić information content (AvgIpc) is 3.03. The van der Waals surface area contributed by atoms with E-state index in [4.69, 9.17) is 0 Å². The molecule has 0 aliphatic rings. The highest BCUT2D eigenvalue weighted by atomic mass is 32.2. The number of benzene rings is 2. The van der Waals surface area contributed by atoms with Crippen LogP contribution in [0.1, 0.15) is 12.5 Å². The van der Waals surface area contributed by atoms with Crippen LogP contribution in [-0.4, -0.2) is 25.1 Å². The SMILES string of the molecule is CCS(=O)(=O)c1ccc(CC(=O)Nc2ccc3scnc3c2)cc1. The minimum atomic E-state index is -3.21. The predicted octanol–water partition coefficient (Wildman–Crippen LogP) is 3.27. The molecule has 0 unspecified atom stereocenters. The van der Waals surface area contributed by atoms with E-state index in [-0.39, 0.29) is 23.0 Å². The molecular formula is C17H16N2O3S2. The fourth-order valence-electron chi connectivity index (χ4n) is 2.31. The molecule has 0 aliphatic heterocycles. The third kappa shape index (κ3) is 3.63. The Bertz CT molecular complexity index is 976. The van der Waals surface area contributed by atoms with Crippen LogP contribution in [0.4, 0.5) is 5.69 Å². The van der Waals surface area contributed by atoms with Crippen molar-refractivity contribution in [1.29, 1.82) is 0 Å². The van der Waals surface area contributed by atoms with Gasteiger partial charge in [-0.3, -0.25) is 4.79 Å². The zero-order chi connectivity index (χ0) is 17.2. The van der Waals surface area contributed by atoms with Gasteiger partial charge < -0.3 is 5.32 Å². The molecule has 5 nitrogen and oxygen atoms in total. The molecule has 0 radical (unpaired) electrons. The number of fused-ring (bicyclic) bond motifs is 1. The number of thiazole rings is 1. The van der Waals surface area contributed by atoms with Gasteiger partial charge in [0.25, 0.3) is 0 Å². The summed E-state index contributed by atoms with van der Waals surface area (Å²) in [5.74, 6) is -0.0953. The second-order valence-electron chi connectivity index (χ2n) is 5.31. The summed E-state index contributed by atoms with van der Waals surface area (Å²) in [4.78, 5) is 16.6. The van der Waals surface area contributed by atoms with Gasteiger partial charge in [0.1, 0.15) is 0 Å². The monoisotopic (exact) mass is 360 g/mol. The Labute approximate surface area is 144 Å². The Morgan fingerprint density at radius 3 is 2.62 bits per heavy atom. The van der Waals surface area contributed by atoms with Crippen molar-refractivity contribution < 1.29 is 13.2 Å². The molecule has 0 saturated heterocycles. The molecule has 3 aromatic rings. The number of sulfone groups is 1. The molecule has 7 heteroatoms. The number of amides is 1. The number of aromatic nitrogens is 1. The number of anilines is 1. The van der Waals surface area contributed by atoms with Gasteiger partial charge in [-0.1, -0.05) is 19.1 Å². The largest absolute Gasteiger partial charge is 0.326 e. The fraction of sp³-hybridized carbons (Fsp3) is 0.176. The topological polar surface area (TPSA) is 76.1 Å². The molecular weight excluding hydrogens is 344 g/mol. The summed E-state index contributed by atoms with van der Waals surface area (Å²) < 4.78 is 24.6. The highest BCUT2D eigenvalue weighted by Gasteiger charge is 2.12. The first-order valence-electron chi connectivity index (χ1n) is 7.43.